The molecule has 9 heteroatoms. The maximum absolute atomic E-state index is 12.4. The minimum absolute atomic E-state index is 0.452. The molecule has 154 valence electrons. The average molecular weight is 388 g/mol. The Labute approximate surface area is 159 Å². The van der Waals surface area contributed by atoms with E-state index in [0.717, 1.165) is 50.4 Å². The van der Waals surface area contributed by atoms with Gasteiger partial charge in [-0.15, -0.1) is 0 Å². The monoisotopic (exact) mass is 388 g/mol. The Hall–Kier alpha value is -1.77. The van der Waals surface area contributed by atoms with Gasteiger partial charge in [-0.05, 0) is 57.7 Å². The zero-order chi connectivity index (χ0) is 19.7. The third kappa shape index (κ3) is 8.64. The average Bonchev–Trinajstić information content (AvgIpc) is 3.00. The van der Waals surface area contributed by atoms with Gasteiger partial charge >= 0.3 is 6.18 Å². The van der Waals surface area contributed by atoms with E-state index in [0.29, 0.717) is 25.6 Å². The molecule has 6 nitrogen and oxygen atoms in total. The van der Waals surface area contributed by atoms with Crippen molar-refractivity contribution in [3.63, 3.8) is 0 Å². The van der Waals surface area contributed by atoms with E-state index < -0.39 is 12.7 Å². The molecule has 2 rings (SSSR count). The summed E-state index contributed by atoms with van der Waals surface area (Å²) in [7, 11) is 0. The molecule has 0 saturated carbocycles. The number of aliphatic imine (C=N–C) groups is 1. The molecular formula is C18H31F3N6. The van der Waals surface area contributed by atoms with Gasteiger partial charge in [-0.2, -0.15) is 18.3 Å². The first-order valence-corrected chi connectivity index (χ1v) is 9.66. The van der Waals surface area contributed by atoms with Crippen LogP contribution < -0.4 is 10.6 Å². The summed E-state index contributed by atoms with van der Waals surface area (Å²) < 4.78 is 39.2. The Balaban J connectivity index is 1.67. The molecule has 1 fully saturated rings. The van der Waals surface area contributed by atoms with E-state index >= 15 is 0 Å². The van der Waals surface area contributed by atoms with Crippen molar-refractivity contribution < 1.29 is 13.2 Å². The normalized spacial score (nSPS) is 17.3. The van der Waals surface area contributed by atoms with Crippen LogP contribution in [0.2, 0.25) is 0 Å². The number of likely N-dealkylation sites (tertiary alicyclic amines) is 1. The number of rotatable bonds is 8. The van der Waals surface area contributed by atoms with Gasteiger partial charge < -0.3 is 10.6 Å². The lowest BCUT2D eigenvalue weighted by Crippen LogP contribution is -2.40. The van der Waals surface area contributed by atoms with Crippen molar-refractivity contribution in [1.29, 1.82) is 0 Å². The van der Waals surface area contributed by atoms with E-state index in [2.05, 4.69) is 20.7 Å². The molecule has 0 unspecified atom stereocenters. The lowest BCUT2D eigenvalue weighted by Gasteiger charge is -2.32. The molecule has 1 aliphatic heterocycles. The number of aromatic nitrogens is 2. The van der Waals surface area contributed by atoms with Crippen molar-refractivity contribution in [2.75, 3.05) is 39.3 Å². The summed E-state index contributed by atoms with van der Waals surface area (Å²) in [5, 5.41) is 10.8. The van der Waals surface area contributed by atoms with E-state index in [1.54, 1.807) is 0 Å². The lowest BCUT2D eigenvalue weighted by atomic mass is 9.93. The topological polar surface area (TPSA) is 57.5 Å². The zero-order valence-corrected chi connectivity index (χ0v) is 16.2. The van der Waals surface area contributed by atoms with E-state index in [4.69, 9.17) is 0 Å². The molecule has 1 aromatic rings. The first kappa shape index (κ1) is 21.5. The molecule has 2 N–H and O–H groups in total. The number of piperidine rings is 1. The summed E-state index contributed by atoms with van der Waals surface area (Å²) in [6.45, 7) is 7.23. The number of guanidine groups is 1. The number of hydrogen-bond donors (Lipinski definition) is 2. The van der Waals surface area contributed by atoms with Gasteiger partial charge in [0.25, 0.3) is 0 Å². The summed E-state index contributed by atoms with van der Waals surface area (Å²) in [4.78, 5) is 6.10. The predicted octanol–water partition coefficient (Wildman–Crippen LogP) is 2.41. The second-order valence-electron chi connectivity index (χ2n) is 7.09. The van der Waals surface area contributed by atoms with Gasteiger partial charge in [-0.25, -0.2) is 0 Å². The fourth-order valence-electron chi connectivity index (χ4n) is 3.27. The van der Waals surface area contributed by atoms with Crippen molar-refractivity contribution >= 4 is 5.96 Å². The molecule has 1 aromatic heterocycles. The van der Waals surface area contributed by atoms with E-state index in [9.17, 15) is 13.2 Å². The second kappa shape index (κ2) is 10.5. The third-order valence-corrected chi connectivity index (χ3v) is 4.66. The fourth-order valence-corrected chi connectivity index (χ4v) is 3.27. The molecule has 0 aromatic carbocycles. The molecule has 1 saturated heterocycles. The Kier molecular flexibility index (Phi) is 8.40. The summed E-state index contributed by atoms with van der Waals surface area (Å²) >= 11 is 0. The fraction of sp³-hybridized carbons (Fsp3) is 0.778. The first-order valence-electron chi connectivity index (χ1n) is 9.66. The minimum atomic E-state index is -4.10. The molecule has 2 heterocycles. The van der Waals surface area contributed by atoms with Crippen LogP contribution in [-0.2, 0) is 6.54 Å². The highest BCUT2D eigenvalue weighted by molar-refractivity contribution is 5.79. The molecule has 0 bridgehead atoms. The predicted molar refractivity (Wildman–Crippen MR) is 101 cm³/mol. The summed E-state index contributed by atoms with van der Waals surface area (Å²) in [5.74, 6) is 1.23. The highest BCUT2D eigenvalue weighted by Crippen LogP contribution is 2.24. The second-order valence-corrected chi connectivity index (χ2v) is 7.09. The Morgan fingerprint density at radius 2 is 2.04 bits per heavy atom. The van der Waals surface area contributed by atoms with Crippen LogP contribution in [0, 0.1) is 12.8 Å². The first-order chi connectivity index (χ1) is 12.9. The van der Waals surface area contributed by atoms with Crippen LogP contribution in [0.1, 0.15) is 31.7 Å². The van der Waals surface area contributed by atoms with Crippen LogP contribution >= 0.6 is 0 Å². The van der Waals surface area contributed by atoms with Gasteiger partial charge in [0.05, 0.1) is 19.3 Å². The number of aryl methyl sites for hydroxylation is 1. The Bertz CT molecular complexity index is 576. The molecule has 0 atom stereocenters. The molecule has 0 amide bonds. The molecule has 0 aliphatic carbocycles. The van der Waals surface area contributed by atoms with Crippen molar-refractivity contribution in [2.45, 2.75) is 45.8 Å². The summed E-state index contributed by atoms with van der Waals surface area (Å²) in [5.41, 5.74) is 1.14. The minimum Gasteiger partial charge on any atom is -0.357 e. The van der Waals surface area contributed by atoms with Gasteiger partial charge in [0, 0.05) is 25.8 Å². The molecule has 0 spiro atoms. The highest BCUT2D eigenvalue weighted by atomic mass is 19.4. The smallest absolute Gasteiger partial charge is 0.357 e. The van der Waals surface area contributed by atoms with Crippen LogP contribution in [0.25, 0.3) is 0 Å². The highest BCUT2D eigenvalue weighted by Gasteiger charge is 2.32. The standard InChI is InChI=1S/C18H31F3N6/c1-3-22-17(24-8-11-27-13-15(2)12-25-27)23-7-4-16-5-9-26(10-6-16)14-18(19,20)21/h12-13,16H,3-11,14H2,1-2H3,(H2,22,23,24). The maximum Gasteiger partial charge on any atom is 0.401 e. The number of nitrogens with zero attached hydrogens (tertiary/aromatic N) is 4. The van der Waals surface area contributed by atoms with Gasteiger partial charge in [0.1, 0.15) is 0 Å². The van der Waals surface area contributed by atoms with Gasteiger partial charge in [0.15, 0.2) is 5.96 Å². The Morgan fingerprint density at radius 3 is 2.63 bits per heavy atom. The van der Waals surface area contributed by atoms with Crippen LogP contribution in [0.5, 0.6) is 0 Å². The SMILES string of the molecule is CCNC(=NCCC1CCN(CC(F)(F)F)CC1)NCCn1cc(C)cn1. The van der Waals surface area contributed by atoms with Crippen molar-refractivity contribution in [3.05, 3.63) is 18.0 Å². The van der Waals surface area contributed by atoms with Crippen molar-refractivity contribution in [3.8, 4) is 0 Å². The maximum atomic E-state index is 12.4. The Morgan fingerprint density at radius 1 is 1.30 bits per heavy atom. The van der Waals surface area contributed by atoms with E-state index in [-0.39, 0.29) is 0 Å². The van der Waals surface area contributed by atoms with Crippen LogP contribution in [0.15, 0.2) is 17.4 Å². The van der Waals surface area contributed by atoms with Gasteiger partial charge in [0.2, 0.25) is 0 Å². The summed E-state index contributed by atoms with van der Waals surface area (Å²) in [6, 6.07) is 0. The number of alkyl halides is 3. The van der Waals surface area contributed by atoms with Gasteiger partial charge in [-0.3, -0.25) is 14.6 Å². The summed E-state index contributed by atoms with van der Waals surface area (Å²) in [6.07, 6.45) is 2.27. The van der Waals surface area contributed by atoms with E-state index in [1.165, 1.54) is 4.90 Å². The van der Waals surface area contributed by atoms with E-state index in [1.807, 2.05) is 30.9 Å². The molecular weight excluding hydrogens is 357 g/mol. The number of halogens is 3. The zero-order valence-electron chi connectivity index (χ0n) is 16.2. The van der Waals surface area contributed by atoms with Gasteiger partial charge in [-0.1, -0.05) is 0 Å². The third-order valence-electron chi connectivity index (χ3n) is 4.66. The van der Waals surface area contributed by atoms with Crippen molar-refractivity contribution in [1.82, 2.24) is 25.3 Å². The largest absolute Gasteiger partial charge is 0.401 e. The van der Waals surface area contributed by atoms with Crippen LogP contribution in [0.4, 0.5) is 13.2 Å². The number of nitrogens with one attached hydrogen (secondary N) is 2. The van der Waals surface area contributed by atoms with Crippen molar-refractivity contribution in [2.24, 2.45) is 10.9 Å². The molecule has 0 radical (unpaired) electrons. The number of hydrogen-bond acceptors (Lipinski definition) is 3. The lowest BCUT2D eigenvalue weighted by molar-refractivity contribution is -0.148. The van der Waals surface area contributed by atoms with Crippen LogP contribution in [0.3, 0.4) is 0 Å². The van der Waals surface area contributed by atoms with Crippen LogP contribution in [-0.4, -0.2) is 66.1 Å². The molecule has 27 heavy (non-hydrogen) atoms. The molecule has 1 aliphatic rings. The quantitative estimate of drug-likeness (QED) is 0.530.